The first kappa shape index (κ1) is 23.7. The molecule has 0 aliphatic heterocycles. The number of carbonyl (C=O) groups excluding carboxylic acids is 1. The molecule has 0 aromatic rings. The van der Waals surface area contributed by atoms with E-state index in [9.17, 15) is 4.79 Å². The van der Waals surface area contributed by atoms with Crippen LogP contribution in [0.4, 0.5) is 0 Å². The van der Waals surface area contributed by atoms with Crippen molar-refractivity contribution in [2.75, 3.05) is 32.9 Å². The van der Waals surface area contributed by atoms with E-state index < -0.39 is 17.1 Å². The zero-order chi connectivity index (χ0) is 18.6. The van der Waals surface area contributed by atoms with Gasteiger partial charge < -0.3 is 23.0 Å². The molecule has 0 heterocycles. The van der Waals surface area contributed by atoms with Gasteiger partial charge in [-0.15, -0.1) is 0 Å². The fourth-order valence-corrected chi connectivity index (χ4v) is 5.65. The maximum absolute atomic E-state index is 12.0. The summed E-state index contributed by atoms with van der Waals surface area (Å²) in [5.74, 6) is -0.243. The molecule has 24 heavy (non-hydrogen) atoms. The lowest BCUT2D eigenvalue weighted by Crippen LogP contribution is -2.46. The Morgan fingerprint density at radius 1 is 1.00 bits per heavy atom. The monoisotopic (exact) mass is 379 g/mol. The number of nitrogens with one attached hydrogen (secondary N) is 1. The Morgan fingerprint density at radius 2 is 1.50 bits per heavy atom. The van der Waals surface area contributed by atoms with Gasteiger partial charge in [0.15, 0.2) is 0 Å². The highest BCUT2D eigenvalue weighted by atomic mass is 28.4. The zero-order valence-corrected chi connectivity index (χ0v) is 18.6. The van der Waals surface area contributed by atoms with Crippen molar-refractivity contribution in [1.82, 2.24) is 5.32 Å². The Balaban J connectivity index is 4.18. The molecular weight excluding hydrogens is 342 g/mol. The van der Waals surface area contributed by atoms with Crippen LogP contribution in [0.25, 0.3) is 0 Å². The van der Waals surface area contributed by atoms with Crippen molar-refractivity contribution >= 4 is 23.1 Å². The van der Waals surface area contributed by atoms with Gasteiger partial charge in [0.1, 0.15) is 0 Å². The van der Waals surface area contributed by atoms with Crippen LogP contribution < -0.4 is 5.32 Å². The molecule has 8 heteroatoms. The summed E-state index contributed by atoms with van der Waals surface area (Å²) in [6.07, 6.45) is 0.891. The van der Waals surface area contributed by atoms with Crippen molar-refractivity contribution in [1.29, 1.82) is 0 Å². The van der Waals surface area contributed by atoms with Crippen molar-refractivity contribution in [3.05, 3.63) is 0 Å². The Kier molecular flexibility index (Phi) is 12.0. The highest BCUT2D eigenvalue weighted by Crippen LogP contribution is 2.17. The Hall–Kier alpha value is -0.256. The predicted octanol–water partition coefficient (Wildman–Crippen LogP) is 3.03. The number of carbonyl (C=O) groups is 1. The summed E-state index contributed by atoms with van der Waals surface area (Å²) in [4.78, 5) is 12.0. The lowest BCUT2D eigenvalue weighted by molar-refractivity contribution is -0.138. The van der Waals surface area contributed by atoms with Gasteiger partial charge in [-0.05, 0) is 53.4 Å². The van der Waals surface area contributed by atoms with Crippen LogP contribution in [0.2, 0.25) is 25.7 Å². The van der Waals surface area contributed by atoms with Gasteiger partial charge in [-0.3, -0.25) is 4.79 Å². The summed E-state index contributed by atoms with van der Waals surface area (Å²) >= 11 is 0. The van der Waals surface area contributed by atoms with Gasteiger partial charge in [-0.1, -0.05) is 6.92 Å². The summed E-state index contributed by atoms with van der Waals surface area (Å²) < 4.78 is 23.0. The standard InChI is InChI=1S/C16H37NO5Si2/c1-8-19-24(20-9-2,21-10-3)13-11-12-17-14-15(4)16(18)22-23(5,6)7/h15,17H,8-14H2,1-7H3. The highest BCUT2D eigenvalue weighted by Gasteiger charge is 2.39. The van der Waals surface area contributed by atoms with E-state index in [0.29, 0.717) is 26.4 Å². The summed E-state index contributed by atoms with van der Waals surface area (Å²) in [5.41, 5.74) is 0. The van der Waals surface area contributed by atoms with Crippen LogP contribution in [0, 0.1) is 5.92 Å². The average molecular weight is 380 g/mol. The molecule has 0 saturated carbocycles. The molecule has 0 rings (SSSR count). The topological polar surface area (TPSA) is 66.0 Å². The maximum atomic E-state index is 12.0. The van der Waals surface area contributed by atoms with E-state index in [4.69, 9.17) is 17.7 Å². The Morgan fingerprint density at radius 3 is 1.92 bits per heavy atom. The van der Waals surface area contributed by atoms with Crippen LogP contribution in [-0.2, 0) is 22.5 Å². The first-order valence-electron chi connectivity index (χ1n) is 9.05. The third-order valence-electron chi connectivity index (χ3n) is 3.19. The van der Waals surface area contributed by atoms with E-state index in [1.807, 2.05) is 47.3 Å². The lowest BCUT2D eigenvalue weighted by Gasteiger charge is -2.28. The molecule has 1 atom stereocenters. The smallest absolute Gasteiger partial charge is 0.500 e. The van der Waals surface area contributed by atoms with Gasteiger partial charge >= 0.3 is 8.80 Å². The van der Waals surface area contributed by atoms with Gasteiger partial charge in [0.25, 0.3) is 5.97 Å². The number of hydrogen-bond acceptors (Lipinski definition) is 6. The van der Waals surface area contributed by atoms with Crippen LogP contribution in [0.1, 0.15) is 34.1 Å². The summed E-state index contributed by atoms with van der Waals surface area (Å²) in [6, 6.07) is 0.781. The Bertz CT molecular complexity index is 333. The first-order valence-corrected chi connectivity index (χ1v) is 14.4. The van der Waals surface area contributed by atoms with Crippen molar-refractivity contribution < 1.29 is 22.5 Å². The molecule has 0 saturated heterocycles. The second-order valence-corrected chi connectivity index (χ2v) is 13.9. The minimum Gasteiger partial charge on any atom is -0.520 e. The van der Waals surface area contributed by atoms with E-state index in [0.717, 1.165) is 19.0 Å². The van der Waals surface area contributed by atoms with Crippen LogP contribution in [0.15, 0.2) is 0 Å². The molecule has 0 amide bonds. The van der Waals surface area contributed by atoms with Crippen LogP contribution >= 0.6 is 0 Å². The largest absolute Gasteiger partial charge is 0.520 e. The molecular formula is C16H37NO5Si2. The van der Waals surface area contributed by atoms with Gasteiger partial charge in [0, 0.05) is 32.4 Å². The fraction of sp³-hybridized carbons (Fsp3) is 0.938. The minimum atomic E-state index is -2.55. The molecule has 144 valence electrons. The quantitative estimate of drug-likeness (QED) is 0.370. The molecule has 0 fully saturated rings. The molecule has 0 aliphatic rings. The van der Waals surface area contributed by atoms with Crippen molar-refractivity contribution in [3.63, 3.8) is 0 Å². The normalized spacial score (nSPS) is 13.8. The number of rotatable bonds is 14. The summed E-state index contributed by atoms with van der Waals surface area (Å²) in [5, 5.41) is 3.32. The highest BCUT2D eigenvalue weighted by molar-refractivity contribution is 6.71. The van der Waals surface area contributed by atoms with Crippen LogP contribution in [0.5, 0.6) is 0 Å². The lowest BCUT2D eigenvalue weighted by atomic mass is 10.2. The molecule has 0 spiro atoms. The average Bonchev–Trinajstić information content (AvgIpc) is 2.45. The third kappa shape index (κ3) is 10.6. The predicted molar refractivity (Wildman–Crippen MR) is 102 cm³/mol. The molecule has 0 radical (unpaired) electrons. The SMILES string of the molecule is CCO[Si](CCCNCC(C)C(=O)O[Si](C)(C)C)(OCC)OCC. The molecule has 0 aromatic carbocycles. The van der Waals surface area contributed by atoms with Crippen molar-refractivity contribution in [2.45, 2.75) is 59.8 Å². The summed E-state index contributed by atoms with van der Waals surface area (Å²) in [7, 11) is -4.36. The fourth-order valence-electron chi connectivity index (χ4n) is 2.24. The second-order valence-electron chi connectivity index (χ2n) is 6.72. The molecule has 0 bridgehead atoms. The molecule has 0 aromatic heterocycles. The molecule has 6 nitrogen and oxygen atoms in total. The van der Waals surface area contributed by atoms with Gasteiger partial charge in [0.05, 0.1) is 5.92 Å². The van der Waals surface area contributed by atoms with Gasteiger partial charge in [-0.2, -0.15) is 0 Å². The van der Waals surface area contributed by atoms with Crippen molar-refractivity contribution in [3.8, 4) is 0 Å². The minimum absolute atomic E-state index is 0.108. The van der Waals surface area contributed by atoms with E-state index in [1.54, 1.807) is 0 Å². The first-order chi connectivity index (χ1) is 11.2. The van der Waals surface area contributed by atoms with Gasteiger partial charge in [-0.25, -0.2) is 0 Å². The Labute approximate surface area is 150 Å². The zero-order valence-electron chi connectivity index (χ0n) is 16.6. The maximum Gasteiger partial charge on any atom is 0.500 e. The molecule has 0 aliphatic carbocycles. The van der Waals surface area contributed by atoms with E-state index in [1.165, 1.54) is 0 Å². The third-order valence-corrected chi connectivity index (χ3v) is 7.15. The molecule has 1 unspecified atom stereocenters. The second kappa shape index (κ2) is 12.2. The number of hydrogen-bond donors (Lipinski definition) is 1. The van der Waals surface area contributed by atoms with Gasteiger partial charge in [0.2, 0.25) is 8.32 Å². The van der Waals surface area contributed by atoms with Crippen molar-refractivity contribution in [2.24, 2.45) is 5.92 Å². The van der Waals surface area contributed by atoms with Crippen LogP contribution in [0.3, 0.4) is 0 Å². The van der Waals surface area contributed by atoms with Crippen LogP contribution in [-0.4, -0.2) is 56.0 Å². The van der Waals surface area contributed by atoms with E-state index >= 15 is 0 Å². The molecule has 1 N–H and O–H groups in total. The summed E-state index contributed by atoms with van der Waals surface area (Å²) in [6.45, 7) is 17.0. The van der Waals surface area contributed by atoms with E-state index in [-0.39, 0.29) is 11.9 Å². The van der Waals surface area contributed by atoms with E-state index in [2.05, 4.69) is 5.32 Å².